The fourth-order valence-corrected chi connectivity index (χ4v) is 5.29. The summed E-state index contributed by atoms with van der Waals surface area (Å²) in [6.45, 7) is 5.19. The van der Waals surface area contributed by atoms with E-state index in [2.05, 4.69) is 44.6 Å². The van der Waals surface area contributed by atoms with Crippen molar-refractivity contribution in [1.82, 2.24) is 25.3 Å². The summed E-state index contributed by atoms with van der Waals surface area (Å²) in [5.74, 6) is 1.77. The lowest BCUT2D eigenvalue weighted by Gasteiger charge is -2.33. The molecule has 0 amide bonds. The van der Waals surface area contributed by atoms with Gasteiger partial charge in [-0.2, -0.15) is 0 Å². The second-order valence-electron chi connectivity index (χ2n) is 8.36. The Morgan fingerprint density at radius 1 is 1.06 bits per heavy atom. The minimum absolute atomic E-state index is 0.571. The predicted molar refractivity (Wildman–Crippen MR) is 131 cm³/mol. The van der Waals surface area contributed by atoms with Crippen LogP contribution >= 0.6 is 11.3 Å². The summed E-state index contributed by atoms with van der Waals surface area (Å²) in [4.78, 5) is 20.8. The maximum Gasteiger partial charge on any atom is 0.180 e. The second-order valence-corrected chi connectivity index (χ2v) is 9.24. The van der Waals surface area contributed by atoms with E-state index >= 15 is 0 Å². The van der Waals surface area contributed by atoms with E-state index in [1.165, 1.54) is 15.8 Å². The number of hydrogen-bond donors (Lipinski definition) is 1. The predicted octanol–water partition coefficient (Wildman–Crippen LogP) is 4.65. The molecule has 5 heterocycles. The van der Waals surface area contributed by atoms with Crippen molar-refractivity contribution in [2.45, 2.75) is 38.6 Å². The summed E-state index contributed by atoms with van der Waals surface area (Å²) in [5, 5.41) is 5.94. The Balaban J connectivity index is 1.24. The third-order valence-electron chi connectivity index (χ3n) is 6.09. The van der Waals surface area contributed by atoms with Crippen molar-refractivity contribution in [2.24, 2.45) is 0 Å². The van der Waals surface area contributed by atoms with Crippen LogP contribution in [0, 0.1) is 6.92 Å². The molecule has 7 heteroatoms. The summed E-state index contributed by atoms with van der Waals surface area (Å²) in [7, 11) is 0. The van der Waals surface area contributed by atoms with Crippen LogP contribution in [0.4, 0.5) is 5.82 Å². The zero-order valence-corrected chi connectivity index (χ0v) is 19.2. The standard InChI is InChI=1S/C25H28N6S/c1-18-17-32-23-22(18)29-24(21-6-2-3-11-28-21)30-25(23)31-15-9-20(10-16-31)27-12-4-5-19-7-13-26-14-8-19/h2-3,6-8,11,13-14,17,20,27H,4-5,9-10,12,15-16H2,1H3. The number of thiophene rings is 1. The summed E-state index contributed by atoms with van der Waals surface area (Å²) < 4.78 is 1.19. The van der Waals surface area contributed by atoms with Gasteiger partial charge in [0.2, 0.25) is 0 Å². The molecule has 0 saturated carbocycles. The molecule has 0 atom stereocenters. The third kappa shape index (κ3) is 4.64. The van der Waals surface area contributed by atoms with Gasteiger partial charge in [-0.05, 0) is 79.9 Å². The number of pyridine rings is 2. The van der Waals surface area contributed by atoms with Crippen LogP contribution < -0.4 is 10.2 Å². The SMILES string of the molecule is Cc1csc2c(N3CCC(NCCCc4ccncc4)CC3)nc(-c3ccccn3)nc12. The fraction of sp³-hybridized carbons (Fsp3) is 0.360. The lowest BCUT2D eigenvalue weighted by atomic mass is 10.0. The summed E-state index contributed by atoms with van der Waals surface area (Å²) >= 11 is 1.75. The molecular weight excluding hydrogens is 416 g/mol. The van der Waals surface area contributed by atoms with Gasteiger partial charge in [0.05, 0.1) is 10.2 Å². The van der Waals surface area contributed by atoms with E-state index in [4.69, 9.17) is 9.97 Å². The highest BCUT2D eigenvalue weighted by atomic mass is 32.1. The molecule has 0 spiro atoms. The van der Waals surface area contributed by atoms with Gasteiger partial charge in [-0.1, -0.05) is 6.07 Å². The molecule has 1 fully saturated rings. The van der Waals surface area contributed by atoms with E-state index < -0.39 is 0 Å². The Morgan fingerprint density at radius 2 is 1.91 bits per heavy atom. The van der Waals surface area contributed by atoms with E-state index in [0.29, 0.717) is 11.9 Å². The van der Waals surface area contributed by atoms with Crippen LogP contribution in [0.2, 0.25) is 0 Å². The quantitative estimate of drug-likeness (QED) is 0.419. The van der Waals surface area contributed by atoms with Crippen molar-refractivity contribution in [1.29, 1.82) is 0 Å². The number of rotatable bonds is 7. The highest BCUT2D eigenvalue weighted by molar-refractivity contribution is 7.18. The fourth-order valence-electron chi connectivity index (χ4n) is 4.29. The maximum absolute atomic E-state index is 4.98. The zero-order chi connectivity index (χ0) is 21.8. The summed E-state index contributed by atoms with van der Waals surface area (Å²) in [6.07, 6.45) is 10.1. The number of aromatic nitrogens is 4. The van der Waals surface area contributed by atoms with Crippen molar-refractivity contribution in [3.63, 3.8) is 0 Å². The Labute approximate surface area is 192 Å². The first kappa shape index (κ1) is 21.0. The normalized spacial score (nSPS) is 14.8. The minimum Gasteiger partial charge on any atom is -0.355 e. The van der Waals surface area contributed by atoms with Crippen molar-refractivity contribution in [2.75, 3.05) is 24.5 Å². The van der Waals surface area contributed by atoms with Gasteiger partial charge >= 0.3 is 0 Å². The number of nitrogens with zero attached hydrogens (tertiary/aromatic N) is 5. The van der Waals surface area contributed by atoms with Crippen LogP contribution in [0.25, 0.3) is 21.7 Å². The van der Waals surface area contributed by atoms with E-state index in [0.717, 1.165) is 62.3 Å². The molecule has 0 unspecified atom stereocenters. The topological polar surface area (TPSA) is 66.8 Å². The maximum atomic E-state index is 4.98. The van der Waals surface area contributed by atoms with Crippen LogP contribution in [0.5, 0.6) is 0 Å². The van der Waals surface area contributed by atoms with Gasteiger partial charge in [0.1, 0.15) is 5.69 Å². The second kappa shape index (κ2) is 9.71. The van der Waals surface area contributed by atoms with Crippen LogP contribution in [-0.4, -0.2) is 45.6 Å². The smallest absolute Gasteiger partial charge is 0.180 e. The van der Waals surface area contributed by atoms with Crippen LogP contribution in [0.1, 0.15) is 30.4 Å². The Bertz CT molecular complexity index is 1150. The Hall–Kier alpha value is -2.90. The van der Waals surface area contributed by atoms with Crippen LogP contribution in [0.3, 0.4) is 0 Å². The van der Waals surface area contributed by atoms with Gasteiger partial charge < -0.3 is 10.2 Å². The molecule has 0 aromatic carbocycles. The molecule has 4 aromatic heterocycles. The molecule has 32 heavy (non-hydrogen) atoms. The van der Waals surface area contributed by atoms with E-state index in [-0.39, 0.29) is 0 Å². The van der Waals surface area contributed by atoms with Crippen molar-refractivity contribution < 1.29 is 0 Å². The lowest BCUT2D eigenvalue weighted by molar-refractivity contribution is 0.412. The van der Waals surface area contributed by atoms with E-state index in [1.807, 2.05) is 30.6 Å². The van der Waals surface area contributed by atoms with Crippen molar-refractivity contribution in [3.05, 3.63) is 65.4 Å². The number of hydrogen-bond acceptors (Lipinski definition) is 7. The monoisotopic (exact) mass is 444 g/mol. The lowest BCUT2D eigenvalue weighted by Crippen LogP contribution is -2.43. The molecule has 1 aliphatic heterocycles. The molecule has 164 valence electrons. The van der Waals surface area contributed by atoms with Gasteiger partial charge in [-0.25, -0.2) is 9.97 Å². The minimum atomic E-state index is 0.571. The number of fused-ring (bicyclic) bond motifs is 1. The van der Waals surface area contributed by atoms with Crippen LogP contribution in [0.15, 0.2) is 54.3 Å². The van der Waals surface area contributed by atoms with Gasteiger partial charge in [-0.15, -0.1) is 11.3 Å². The number of piperidine rings is 1. The third-order valence-corrected chi connectivity index (χ3v) is 7.17. The summed E-state index contributed by atoms with van der Waals surface area (Å²) in [5.41, 5.74) is 4.44. The molecule has 0 radical (unpaired) electrons. The Morgan fingerprint density at radius 3 is 2.69 bits per heavy atom. The molecule has 0 aliphatic carbocycles. The average Bonchev–Trinajstić information content (AvgIpc) is 3.23. The number of nitrogens with one attached hydrogen (secondary N) is 1. The first-order chi connectivity index (χ1) is 15.8. The Kier molecular flexibility index (Phi) is 6.36. The molecule has 1 N–H and O–H groups in total. The van der Waals surface area contributed by atoms with Gasteiger partial charge in [-0.3, -0.25) is 9.97 Å². The number of aryl methyl sites for hydroxylation is 2. The molecule has 5 rings (SSSR count). The van der Waals surface area contributed by atoms with Gasteiger partial charge in [0, 0.05) is 37.7 Å². The zero-order valence-electron chi connectivity index (χ0n) is 18.4. The molecule has 1 aliphatic rings. The van der Waals surface area contributed by atoms with Crippen molar-refractivity contribution >= 4 is 27.4 Å². The molecule has 6 nitrogen and oxygen atoms in total. The largest absolute Gasteiger partial charge is 0.355 e. The molecule has 4 aromatic rings. The van der Waals surface area contributed by atoms with Gasteiger partial charge in [0.25, 0.3) is 0 Å². The summed E-state index contributed by atoms with van der Waals surface area (Å²) in [6, 6.07) is 10.7. The highest BCUT2D eigenvalue weighted by Gasteiger charge is 2.23. The average molecular weight is 445 g/mol. The highest BCUT2D eigenvalue weighted by Crippen LogP contribution is 2.34. The van der Waals surface area contributed by atoms with Gasteiger partial charge in [0.15, 0.2) is 11.6 Å². The first-order valence-electron chi connectivity index (χ1n) is 11.3. The van der Waals surface area contributed by atoms with E-state index in [9.17, 15) is 0 Å². The molecule has 1 saturated heterocycles. The molecule has 0 bridgehead atoms. The van der Waals surface area contributed by atoms with Crippen LogP contribution in [-0.2, 0) is 6.42 Å². The van der Waals surface area contributed by atoms with E-state index in [1.54, 1.807) is 17.5 Å². The van der Waals surface area contributed by atoms with Crippen molar-refractivity contribution in [3.8, 4) is 11.5 Å². The molecular formula is C25H28N6S. The number of anilines is 1. The first-order valence-corrected chi connectivity index (χ1v) is 12.2.